The summed E-state index contributed by atoms with van der Waals surface area (Å²) in [6.07, 6.45) is 0.0174. The molecule has 1 aromatic heterocycles. The van der Waals surface area contributed by atoms with Crippen molar-refractivity contribution >= 4 is 38.9 Å². The number of anilines is 1. The summed E-state index contributed by atoms with van der Waals surface area (Å²) in [7, 11) is 2.08. The summed E-state index contributed by atoms with van der Waals surface area (Å²) < 4.78 is 72.3. The molecule has 214 valence electrons. The highest BCUT2D eigenvalue weighted by atomic mass is 32.2. The van der Waals surface area contributed by atoms with E-state index in [0.717, 1.165) is 36.3 Å². The molecule has 1 saturated heterocycles. The van der Waals surface area contributed by atoms with Gasteiger partial charge in [0.1, 0.15) is 6.61 Å². The zero-order chi connectivity index (χ0) is 28.0. The molecule has 0 bridgehead atoms. The number of hydrogen-bond donors (Lipinski definition) is 2. The van der Waals surface area contributed by atoms with Crippen LogP contribution in [0.3, 0.4) is 0 Å². The summed E-state index contributed by atoms with van der Waals surface area (Å²) >= 11 is 2.91. The van der Waals surface area contributed by atoms with E-state index in [4.69, 9.17) is 4.74 Å². The Kier molecular flexibility index (Phi) is 10.6. The molecule has 11 heteroatoms. The van der Waals surface area contributed by atoms with Crippen molar-refractivity contribution in [2.45, 2.75) is 61.7 Å². The number of rotatable bonds is 9. The van der Waals surface area contributed by atoms with Gasteiger partial charge >= 0.3 is 6.18 Å². The first kappa shape index (κ1) is 30.1. The number of hydrogen-bond acceptors (Lipinski definition) is 6. The van der Waals surface area contributed by atoms with Crippen LogP contribution in [0.1, 0.15) is 29.7 Å². The van der Waals surface area contributed by atoms with E-state index in [1.54, 1.807) is 23.9 Å². The number of nitrogens with zero attached hydrogens (tertiary/aromatic N) is 1. The molecule has 2 N–H and O–H groups in total. The van der Waals surface area contributed by atoms with E-state index in [2.05, 4.69) is 34.4 Å². The lowest BCUT2D eigenvalue weighted by molar-refractivity contribution is -0.126. The Morgan fingerprint density at radius 3 is 2.67 bits per heavy atom. The zero-order valence-electron chi connectivity index (χ0n) is 22.0. The summed E-state index contributed by atoms with van der Waals surface area (Å²) in [4.78, 5) is 2.67. The topological polar surface area (TPSA) is 36.5 Å². The van der Waals surface area contributed by atoms with Gasteiger partial charge in [0, 0.05) is 11.3 Å². The van der Waals surface area contributed by atoms with Gasteiger partial charge in [0.2, 0.25) is 0 Å². The Bertz CT molecular complexity index is 1180. The standard InChI is InChI=1S/C28H34F5N3OS2/c1-36-13-10-18(11-14-36)35-23-6-3-5-20-21(16-28(31,32)33)25(39-27(20)23)7-4-12-34-22-9-8-19(38-2)15-24(22)37-17-26(29)30/h3,5-6,8-9,18-19,22,24,26,34-35H,10-17H2,1-2H3. The van der Waals surface area contributed by atoms with Crippen molar-refractivity contribution in [3.05, 3.63) is 40.8 Å². The van der Waals surface area contributed by atoms with Crippen molar-refractivity contribution in [1.29, 1.82) is 0 Å². The number of piperidine rings is 1. The van der Waals surface area contributed by atoms with E-state index in [1.165, 1.54) is 11.3 Å². The minimum atomic E-state index is -4.37. The van der Waals surface area contributed by atoms with Gasteiger partial charge in [0.15, 0.2) is 0 Å². The number of nitrogens with one attached hydrogen (secondary N) is 2. The van der Waals surface area contributed by atoms with Crippen LogP contribution in [0.25, 0.3) is 10.1 Å². The highest BCUT2D eigenvalue weighted by molar-refractivity contribution is 7.99. The third kappa shape index (κ3) is 8.57. The normalized spacial score (nSPS) is 22.8. The van der Waals surface area contributed by atoms with Gasteiger partial charge in [0.05, 0.1) is 40.4 Å². The number of alkyl halides is 5. The number of halogens is 5. The number of benzene rings is 1. The van der Waals surface area contributed by atoms with Crippen molar-refractivity contribution < 1.29 is 26.7 Å². The molecule has 4 rings (SSSR count). The summed E-state index contributed by atoms with van der Waals surface area (Å²) in [6.45, 7) is 1.50. The molecule has 0 amide bonds. The molecule has 3 atom stereocenters. The lowest BCUT2D eigenvalue weighted by atomic mass is 9.98. The molecule has 1 fully saturated rings. The lowest BCUT2D eigenvalue weighted by Crippen LogP contribution is -2.44. The molecule has 0 saturated carbocycles. The summed E-state index contributed by atoms with van der Waals surface area (Å²) in [6, 6.07) is 5.42. The van der Waals surface area contributed by atoms with E-state index >= 15 is 0 Å². The number of thioether (sulfide) groups is 1. The zero-order valence-corrected chi connectivity index (χ0v) is 23.6. The maximum atomic E-state index is 13.5. The molecule has 2 aromatic rings. The molecule has 39 heavy (non-hydrogen) atoms. The predicted octanol–water partition coefficient (Wildman–Crippen LogP) is 6.16. The van der Waals surface area contributed by atoms with Crippen molar-refractivity contribution in [3.8, 4) is 11.8 Å². The molecule has 1 aliphatic carbocycles. The van der Waals surface area contributed by atoms with Crippen LogP contribution in [0, 0.1) is 11.8 Å². The summed E-state index contributed by atoms with van der Waals surface area (Å²) in [5.41, 5.74) is 1.04. The summed E-state index contributed by atoms with van der Waals surface area (Å²) in [5, 5.41) is 7.52. The van der Waals surface area contributed by atoms with Crippen LogP contribution in [0.2, 0.25) is 0 Å². The van der Waals surface area contributed by atoms with Gasteiger partial charge in [-0.25, -0.2) is 8.78 Å². The molecule has 2 aliphatic rings. The van der Waals surface area contributed by atoms with E-state index in [-0.39, 0.29) is 29.4 Å². The van der Waals surface area contributed by atoms with Crippen molar-refractivity contribution in [3.63, 3.8) is 0 Å². The van der Waals surface area contributed by atoms with Gasteiger partial charge in [0.25, 0.3) is 6.43 Å². The highest BCUT2D eigenvalue weighted by Crippen LogP contribution is 2.39. The van der Waals surface area contributed by atoms with Crippen LogP contribution in [-0.2, 0) is 11.2 Å². The van der Waals surface area contributed by atoms with Crippen molar-refractivity contribution in [2.75, 3.05) is 44.9 Å². The van der Waals surface area contributed by atoms with Gasteiger partial charge in [-0.3, -0.25) is 5.32 Å². The molecule has 0 radical (unpaired) electrons. The van der Waals surface area contributed by atoms with Crippen LogP contribution in [0.4, 0.5) is 27.6 Å². The second-order valence-corrected chi connectivity index (χ2v) is 12.1. The fourth-order valence-electron chi connectivity index (χ4n) is 4.99. The maximum Gasteiger partial charge on any atom is 0.393 e. The number of fused-ring (bicyclic) bond motifs is 1. The van der Waals surface area contributed by atoms with Crippen LogP contribution in [0.5, 0.6) is 0 Å². The summed E-state index contributed by atoms with van der Waals surface area (Å²) in [5.74, 6) is 5.93. The third-order valence-electron chi connectivity index (χ3n) is 7.04. The number of likely N-dealkylation sites (tertiary alicyclic amines) is 1. The van der Waals surface area contributed by atoms with Gasteiger partial charge in [-0.15, -0.1) is 11.3 Å². The van der Waals surface area contributed by atoms with E-state index in [1.807, 2.05) is 24.5 Å². The Morgan fingerprint density at radius 1 is 1.21 bits per heavy atom. The van der Waals surface area contributed by atoms with Crippen molar-refractivity contribution in [2.24, 2.45) is 0 Å². The number of thiophene rings is 1. The average molecular weight is 588 g/mol. The van der Waals surface area contributed by atoms with E-state index < -0.39 is 31.7 Å². The highest BCUT2D eigenvalue weighted by Gasteiger charge is 2.31. The van der Waals surface area contributed by atoms with Gasteiger partial charge in [-0.05, 0) is 62.7 Å². The van der Waals surface area contributed by atoms with Crippen LogP contribution in [0.15, 0.2) is 30.4 Å². The minimum Gasteiger partial charge on any atom is -0.381 e. The predicted molar refractivity (Wildman–Crippen MR) is 151 cm³/mol. The molecular formula is C28H34F5N3OS2. The van der Waals surface area contributed by atoms with Crippen LogP contribution < -0.4 is 10.6 Å². The largest absolute Gasteiger partial charge is 0.393 e. The first-order valence-corrected chi connectivity index (χ1v) is 15.1. The van der Waals surface area contributed by atoms with Crippen molar-refractivity contribution in [1.82, 2.24) is 10.2 Å². The Morgan fingerprint density at radius 2 is 1.97 bits per heavy atom. The number of ether oxygens (including phenoxy) is 1. The molecule has 4 nitrogen and oxygen atoms in total. The average Bonchev–Trinajstić information content (AvgIpc) is 3.23. The van der Waals surface area contributed by atoms with Gasteiger partial charge in [-0.2, -0.15) is 24.9 Å². The smallest absolute Gasteiger partial charge is 0.381 e. The first-order valence-electron chi connectivity index (χ1n) is 13.0. The minimum absolute atomic E-state index is 0.178. The van der Waals surface area contributed by atoms with Gasteiger partial charge < -0.3 is 15.0 Å². The fraction of sp³-hybridized carbons (Fsp3) is 0.571. The second kappa shape index (κ2) is 13.7. The fourth-order valence-corrected chi connectivity index (χ4v) is 6.79. The Labute approximate surface area is 234 Å². The molecule has 1 aromatic carbocycles. The monoisotopic (exact) mass is 587 g/mol. The van der Waals surface area contributed by atoms with Crippen LogP contribution >= 0.6 is 23.1 Å². The maximum absolute atomic E-state index is 13.5. The molecule has 2 heterocycles. The second-order valence-electron chi connectivity index (χ2n) is 9.97. The lowest BCUT2D eigenvalue weighted by Gasteiger charge is -2.31. The first-order chi connectivity index (χ1) is 18.6. The SMILES string of the molecule is CSC1C=CC(NCC#Cc2sc3c(NC4CCN(C)CC4)cccc3c2CC(F)(F)F)C(OCC(F)F)C1. The Hall–Kier alpha value is -1.84. The van der Waals surface area contributed by atoms with E-state index in [0.29, 0.717) is 16.7 Å². The Balaban J connectivity index is 1.52. The molecule has 3 unspecified atom stereocenters. The molecule has 0 spiro atoms. The molecule has 1 aliphatic heterocycles. The van der Waals surface area contributed by atoms with Gasteiger partial charge in [-0.1, -0.05) is 36.1 Å². The molecular weight excluding hydrogens is 553 g/mol. The van der Waals surface area contributed by atoms with E-state index in [9.17, 15) is 22.0 Å². The third-order valence-corrected chi connectivity index (χ3v) is 9.19. The van der Waals surface area contributed by atoms with Crippen LogP contribution in [-0.4, -0.2) is 80.5 Å². The quantitative estimate of drug-likeness (QED) is 0.209.